The van der Waals surface area contributed by atoms with Gasteiger partial charge in [-0.25, -0.2) is 0 Å². The highest BCUT2D eigenvalue weighted by Crippen LogP contribution is 2.28. The molecular formula is C5H5F3N2O2. The third-order valence-electron chi connectivity index (χ3n) is 1.17. The first-order valence-electron chi connectivity index (χ1n) is 2.93. The molecule has 7 heteroatoms. The molecule has 0 aromatic heterocycles. The summed E-state index contributed by atoms with van der Waals surface area (Å²) in [6, 6.07) is 1.26. The maximum absolute atomic E-state index is 11.8. The van der Waals surface area contributed by atoms with Gasteiger partial charge in [-0.15, -0.1) is 0 Å². The number of hydrogen-bond acceptors (Lipinski definition) is 3. The van der Waals surface area contributed by atoms with Gasteiger partial charge >= 0.3 is 6.18 Å². The van der Waals surface area contributed by atoms with Gasteiger partial charge in [-0.05, 0) is 0 Å². The Morgan fingerprint density at radius 1 is 1.58 bits per heavy atom. The van der Waals surface area contributed by atoms with Crippen LogP contribution in [-0.4, -0.2) is 17.6 Å². The Hall–Kier alpha value is -1.32. The van der Waals surface area contributed by atoms with Gasteiger partial charge in [-0.1, -0.05) is 0 Å². The Bertz CT molecular complexity index is 208. The van der Waals surface area contributed by atoms with E-state index < -0.39 is 30.0 Å². The molecule has 0 N–H and O–H groups in total. The average molecular weight is 182 g/mol. The Morgan fingerprint density at radius 2 is 2.08 bits per heavy atom. The van der Waals surface area contributed by atoms with Crippen molar-refractivity contribution >= 4 is 0 Å². The smallest absolute Gasteiger partial charge is 0.265 e. The quantitative estimate of drug-likeness (QED) is 0.488. The van der Waals surface area contributed by atoms with Crippen molar-refractivity contribution in [1.82, 2.24) is 0 Å². The molecule has 68 valence electrons. The lowest BCUT2D eigenvalue weighted by Gasteiger charge is -2.12. The van der Waals surface area contributed by atoms with Crippen molar-refractivity contribution in [1.29, 1.82) is 5.26 Å². The van der Waals surface area contributed by atoms with Crippen LogP contribution in [0.2, 0.25) is 0 Å². The third-order valence-corrected chi connectivity index (χ3v) is 1.17. The van der Waals surface area contributed by atoms with E-state index in [4.69, 9.17) is 5.26 Å². The summed E-state index contributed by atoms with van der Waals surface area (Å²) < 4.78 is 35.4. The predicted octanol–water partition coefficient (Wildman–Crippen LogP) is 1.36. The molecule has 12 heavy (non-hydrogen) atoms. The number of alkyl halides is 3. The monoisotopic (exact) mass is 182 g/mol. The molecule has 4 nitrogen and oxygen atoms in total. The Kier molecular flexibility index (Phi) is 3.47. The van der Waals surface area contributed by atoms with Gasteiger partial charge in [-0.2, -0.15) is 18.4 Å². The van der Waals surface area contributed by atoms with Crippen LogP contribution in [0.15, 0.2) is 0 Å². The van der Waals surface area contributed by atoms with E-state index in [-0.39, 0.29) is 0 Å². The minimum absolute atomic E-state index is 0.871. The van der Waals surface area contributed by atoms with Crippen molar-refractivity contribution in [3.05, 3.63) is 10.1 Å². The summed E-state index contributed by atoms with van der Waals surface area (Å²) in [5.41, 5.74) is 0. The molecule has 0 aromatic rings. The van der Waals surface area contributed by atoms with Crippen LogP contribution in [-0.2, 0) is 0 Å². The van der Waals surface area contributed by atoms with E-state index in [1.165, 1.54) is 6.07 Å². The SMILES string of the molecule is N#CCC(C[N+](=O)[O-])C(F)(F)F. The molecule has 0 aromatic carbocycles. The van der Waals surface area contributed by atoms with Gasteiger partial charge in [0.15, 0.2) is 0 Å². The Morgan fingerprint density at radius 3 is 2.33 bits per heavy atom. The van der Waals surface area contributed by atoms with E-state index in [0.29, 0.717) is 0 Å². The molecule has 0 rings (SSSR count). The van der Waals surface area contributed by atoms with Crippen LogP contribution >= 0.6 is 0 Å². The zero-order valence-corrected chi connectivity index (χ0v) is 5.84. The summed E-state index contributed by atoms with van der Waals surface area (Å²) in [7, 11) is 0. The highest BCUT2D eigenvalue weighted by atomic mass is 19.4. The molecule has 0 radical (unpaired) electrons. The van der Waals surface area contributed by atoms with E-state index >= 15 is 0 Å². The largest absolute Gasteiger partial charge is 0.399 e. The molecule has 0 heterocycles. The fraction of sp³-hybridized carbons (Fsp3) is 0.800. The van der Waals surface area contributed by atoms with Crippen LogP contribution in [0.4, 0.5) is 13.2 Å². The van der Waals surface area contributed by atoms with Crippen LogP contribution in [0, 0.1) is 27.4 Å². The third kappa shape index (κ3) is 3.75. The standard InChI is InChI=1S/C5H5F3N2O2/c6-5(7,8)4(1-2-9)3-10(11)12/h4H,1,3H2. The van der Waals surface area contributed by atoms with Gasteiger partial charge < -0.3 is 0 Å². The molecule has 0 spiro atoms. The normalized spacial score (nSPS) is 13.5. The Balaban J connectivity index is 4.25. The molecular weight excluding hydrogens is 177 g/mol. The summed E-state index contributed by atoms with van der Waals surface area (Å²) in [5, 5.41) is 17.7. The second kappa shape index (κ2) is 3.90. The van der Waals surface area contributed by atoms with Gasteiger partial charge in [0.05, 0.1) is 12.5 Å². The number of hydrogen-bond donors (Lipinski definition) is 0. The molecule has 0 aliphatic carbocycles. The number of nitro groups is 1. The summed E-state index contributed by atoms with van der Waals surface area (Å²) in [6.07, 6.45) is -5.53. The van der Waals surface area contributed by atoms with Crippen molar-refractivity contribution in [3.8, 4) is 6.07 Å². The number of nitriles is 1. The van der Waals surface area contributed by atoms with E-state index in [0.717, 1.165) is 0 Å². The van der Waals surface area contributed by atoms with Gasteiger partial charge in [-0.3, -0.25) is 10.1 Å². The molecule has 0 fully saturated rings. The van der Waals surface area contributed by atoms with Crippen LogP contribution in [0.1, 0.15) is 6.42 Å². The maximum atomic E-state index is 11.8. The highest BCUT2D eigenvalue weighted by Gasteiger charge is 2.42. The second-order valence-corrected chi connectivity index (χ2v) is 2.12. The fourth-order valence-electron chi connectivity index (χ4n) is 0.574. The molecule has 0 aliphatic rings. The lowest BCUT2D eigenvalue weighted by molar-refractivity contribution is -0.497. The first-order valence-corrected chi connectivity index (χ1v) is 2.93. The van der Waals surface area contributed by atoms with E-state index in [1.807, 2.05) is 0 Å². The lowest BCUT2D eigenvalue weighted by atomic mass is 10.1. The van der Waals surface area contributed by atoms with E-state index in [9.17, 15) is 23.3 Å². The van der Waals surface area contributed by atoms with E-state index in [1.54, 1.807) is 0 Å². The van der Waals surface area contributed by atoms with Gasteiger partial charge in [0.1, 0.15) is 5.92 Å². The Labute approximate surface area is 65.7 Å². The zero-order chi connectivity index (χ0) is 9.78. The average Bonchev–Trinajstić information content (AvgIpc) is 1.83. The predicted molar refractivity (Wildman–Crippen MR) is 31.6 cm³/mol. The van der Waals surface area contributed by atoms with Crippen LogP contribution in [0.25, 0.3) is 0 Å². The maximum Gasteiger partial charge on any atom is 0.399 e. The second-order valence-electron chi connectivity index (χ2n) is 2.12. The van der Waals surface area contributed by atoms with Crippen molar-refractivity contribution in [2.75, 3.05) is 6.54 Å². The first kappa shape index (κ1) is 10.7. The van der Waals surface area contributed by atoms with Crippen LogP contribution < -0.4 is 0 Å². The molecule has 0 aliphatic heterocycles. The van der Waals surface area contributed by atoms with Gasteiger partial charge in [0.2, 0.25) is 6.54 Å². The molecule has 1 atom stereocenters. The minimum Gasteiger partial charge on any atom is -0.265 e. The molecule has 0 amide bonds. The lowest BCUT2D eigenvalue weighted by Crippen LogP contribution is -2.29. The molecule has 1 unspecified atom stereocenters. The number of nitrogens with zero attached hydrogens (tertiary/aromatic N) is 2. The highest BCUT2D eigenvalue weighted by molar-refractivity contribution is 4.79. The molecule has 0 saturated carbocycles. The zero-order valence-electron chi connectivity index (χ0n) is 5.84. The van der Waals surface area contributed by atoms with Crippen LogP contribution in [0.3, 0.4) is 0 Å². The van der Waals surface area contributed by atoms with Crippen molar-refractivity contribution in [2.45, 2.75) is 12.6 Å². The van der Waals surface area contributed by atoms with Crippen molar-refractivity contribution in [2.24, 2.45) is 5.92 Å². The van der Waals surface area contributed by atoms with Gasteiger partial charge in [0.25, 0.3) is 0 Å². The summed E-state index contributed by atoms with van der Waals surface area (Å²) in [6.45, 7) is -1.24. The van der Waals surface area contributed by atoms with Gasteiger partial charge in [0, 0.05) is 4.92 Å². The van der Waals surface area contributed by atoms with Crippen LogP contribution in [0.5, 0.6) is 0 Å². The fourth-order valence-corrected chi connectivity index (χ4v) is 0.574. The van der Waals surface area contributed by atoms with Crippen molar-refractivity contribution < 1.29 is 18.1 Å². The molecule has 0 saturated heterocycles. The van der Waals surface area contributed by atoms with Crippen molar-refractivity contribution in [3.63, 3.8) is 0 Å². The topological polar surface area (TPSA) is 66.9 Å². The summed E-state index contributed by atoms with van der Waals surface area (Å²) in [4.78, 5) is 8.65. The van der Waals surface area contributed by atoms with E-state index in [2.05, 4.69) is 0 Å². The summed E-state index contributed by atoms with van der Waals surface area (Å²) >= 11 is 0. The summed E-state index contributed by atoms with van der Waals surface area (Å²) in [5.74, 6) is -2.16. The molecule has 0 bridgehead atoms. The first-order chi connectivity index (χ1) is 5.38. The number of rotatable bonds is 3. The minimum atomic E-state index is -4.66. The number of halogens is 3.